The fourth-order valence-corrected chi connectivity index (χ4v) is 3.79. The van der Waals surface area contributed by atoms with Gasteiger partial charge in [0.15, 0.2) is 11.6 Å². The summed E-state index contributed by atoms with van der Waals surface area (Å²) in [4.78, 5) is 21.4. The standard InChI is InChI=1S/C22H24N8O3/c1-14(2)29-21(23-12-25-29)17-10-16-5-8-33-19-4-3-15(9-18(19)30(16)27-17)22(32)26-20-11-28(6-7-31)13-24-20/h3-4,9-14,31H,5-8H2,1-2H3,(H,26,32). The Hall–Kier alpha value is -3.99. The van der Waals surface area contributed by atoms with Gasteiger partial charge in [-0.25, -0.2) is 19.3 Å². The van der Waals surface area contributed by atoms with Gasteiger partial charge in [0.05, 0.1) is 19.5 Å². The lowest BCUT2D eigenvalue weighted by Gasteiger charge is -2.11. The highest BCUT2D eigenvalue weighted by Gasteiger charge is 2.22. The maximum Gasteiger partial charge on any atom is 0.256 e. The normalized spacial score (nSPS) is 12.7. The number of imidazole rings is 1. The lowest BCUT2D eigenvalue weighted by molar-refractivity contribution is 0.102. The molecule has 2 N–H and O–H groups in total. The van der Waals surface area contributed by atoms with Gasteiger partial charge in [0.1, 0.15) is 23.5 Å². The minimum Gasteiger partial charge on any atom is -0.491 e. The second-order valence-electron chi connectivity index (χ2n) is 8.01. The van der Waals surface area contributed by atoms with Crippen LogP contribution in [0, 0.1) is 0 Å². The highest BCUT2D eigenvalue weighted by Crippen LogP contribution is 2.31. The molecule has 1 aliphatic rings. The van der Waals surface area contributed by atoms with Crippen LogP contribution in [0.15, 0.2) is 43.1 Å². The fraction of sp³-hybridized carbons (Fsp3) is 0.318. The van der Waals surface area contributed by atoms with Crippen molar-refractivity contribution in [3.63, 3.8) is 0 Å². The summed E-state index contributed by atoms with van der Waals surface area (Å²) in [5.74, 6) is 1.46. The van der Waals surface area contributed by atoms with E-state index in [1.54, 1.807) is 35.3 Å². The predicted molar refractivity (Wildman–Crippen MR) is 119 cm³/mol. The first-order valence-corrected chi connectivity index (χ1v) is 10.7. The number of benzene rings is 1. The maximum absolute atomic E-state index is 12.9. The molecule has 0 bridgehead atoms. The number of aliphatic hydroxyl groups is 1. The number of aromatic nitrogens is 7. The molecule has 3 aromatic heterocycles. The number of fused-ring (bicyclic) bond motifs is 3. The molecular formula is C22H24N8O3. The third kappa shape index (κ3) is 3.98. The van der Waals surface area contributed by atoms with Gasteiger partial charge in [0, 0.05) is 36.5 Å². The molecule has 4 heterocycles. The zero-order chi connectivity index (χ0) is 22.9. The number of carbonyl (C=O) groups excluding carboxylic acids is 1. The van der Waals surface area contributed by atoms with E-state index < -0.39 is 0 Å². The molecule has 170 valence electrons. The van der Waals surface area contributed by atoms with E-state index in [2.05, 4.69) is 20.4 Å². The van der Waals surface area contributed by atoms with Crippen LogP contribution in [-0.4, -0.2) is 58.3 Å². The van der Waals surface area contributed by atoms with Crippen molar-refractivity contribution >= 4 is 11.7 Å². The van der Waals surface area contributed by atoms with Crippen LogP contribution in [0.5, 0.6) is 5.75 Å². The SMILES string of the molecule is CC(C)n1ncnc1-c1cc2n(n1)-c1cc(C(=O)Nc3cn(CCO)cn3)ccc1OCC2. The average Bonchev–Trinajstić information content (AvgIpc) is 3.52. The quantitative estimate of drug-likeness (QED) is 0.463. The molecule has 0 aliphatic carbocycles. The van der Waals surface area contributed by atoms with Crippen molar-refractivity contribution in [1.82, 2.24) is 34.1 Å². The smallest absolute Gasteiger partial charge is 0.256 e. The van der Waals surface area contributed by atoms with Gasteiger partial charge in [-0.3, -0.25) is 4.79 Å². The van der Waals surface area contributed by atoms with Crippen LogP contribution >= 0.6 is 0 Å². The summed E-state index contributed by atoms with van der Waals surface area (Å²) in [5.41, 5.74) is 2.81. The number of hydrogen-bond donors (Lipinski definition) is 2. The van der Waals surface area contributed by atoms with Crippen LogP contribution in [0.1, 0.15) is 35.9 Å². The van der Waals surface area contributed by atoms with E-state index in [1.165, 1.54) is 6.33 Å². The van der Waals surface area contributed by atoms with E-state index in [0.29, 0.717) is 53.9 Å². The van der Waals surface area contributed by atoms with Gasteiger partial charge in [-0.05, 0) is 38.1 Å². The van der Waals surface area contributed by atoms with Gasteiger partial charge < -0.3 is 19.7 Å². The molecule has 0 unspecified atom stereocenters. The van der Waals surface area contributed by atoms with Gasteiger partial charge in [-0.2, -0.15) is 10.2 Å². The molecule has 0 saturated carbocycles. The molecule has 1 aliphatic heterocycles. The number of ether oxygens (including phenoxy) is 1. The summed E-state index contributed by atoms with van der Waals surface area (Å²) >= 11 is 0. The molecule has 11 heteroatoms. The first kappa shape index (κ1) is 20.9. The third-order valence-corrected chi connectivity index (χ3v) is 5.37. The van der Waals surface area contributed by atoms with Crippen LogP contribution in [0.3, 0.4) is 0 Å². The largest absolute Gasteiger partial charge is 0.491 e. The topological polar surface area (TPSA) is 125 Å². The summed E-state index contributed by atoms with van der Waals surface area (Å²) in [6.45, 7) is 4.99. The van der Waals surface area contributed by atoms with Crippen molar-refractivity contribution in [2.24, 2.45) is 0 Å². The molecule has 33 heavy (non-hydrogen) atoms. The monoisotopic (exact) mass is 448 g/mol. The van der Waals surface area contributed by atoms with Crippen molar-refractivity contribution in [3.05, 3.63) is 54.4 Å². The van der Waals surface area contributed by atoms with Crippen LogP contribution in [0.4, 0.5) is 5.82 Å². The predicted octanol–water partition coefficient (Wildman–Crippen LogP) is 2.09. The number of hydrogen-bond acceptors (Lipinski definition) is 7. The molecule has 0 spiro atoms. The molecule has 1 amide bonds. The Morgan fingerprint density at radius 3 is 2.97 bits per heavy atom. The van der Waals surface area contributed by atoms with Crippen molar-refractivity contribution in [3.8, 4) is 23.0 Å². The number of amides is 1. The van der Waals surface area contributed by atoms with Crippen LogP contribution < -0.4 is 10.1 Å². The Kier molecular flexibility index (Phi) is 5.38. The van der Waals surface area contributed by atoms with E-state index in [0.717, 1.165) is 5.69 Å². The van der Waals surface area contributed by atoms with Gasteiger partial charge in [-0.1, -0.05) is 0 Å². The highest BCUT2D eigenvalue weighted by atomic mass is 16.5. The van der Waals surface area contributed by atoms with E-state index in [4.69, 9.17) is 14.9 Å². The second kappa shape index (κ2) is 8.51. The Labute approximate surface area is 189 Å². The fourth-order valence-electron chi connectivity index (χ4n) is 3.79. The van der Waals surface area contributed by atoms with E-state index in [1.807, 2.05) is 29.3 Å². The molecule has 0 fully saturated rings. The molecule has 0 atom stereocenters. The molecule has 0 radical (unpaired) electrons. The first-order valence-electron chi connectivity index (χ1n) is 10.7. The summed E-state index contributed by atoms with van der Waals surface area (Å²) in [5, 5.41) is 20.9. The number of rotatable bonds is 6. The summed E-state index contributed by atoms with van der Waals surface area (Å²) in [6, 6.07) is 7.39. The number of anilines is 1. The minimum absolute atomic E-state index is 0.00373. The lowest BCUT2D eigenvalue weighted by atomic mass is 10.1. The Balaban J connectivity index is 1.48. The number of nitrogens with zero attached hydrogens (tertiary/aromatic N) is 7. The average molecular weight is 448 g/mol. The maximum atomic E-state index is 12.9. The summed E-state index contributed by atoms with van der Waals surface area (Å²) in [6.07, 6.45) is 5.43. The van der Waals surface area contributed by atoms with Crippen LogP contribution in [-0.2, 0) is 13.0 Å². The van der Waals surface area contributed by atoms with Gasteiger partial charge in [-0.15, -0.1) is 0 Å². The second-order valence-corrected chi connectivity index (χ2v) is 8.01. The zero-order valence-electron chi connectivity index (χ0n) is 18.3. The van der Waals surface area contributed by atoms with Gasteiger partial charge in [0.25, 0.3) is 5.91 Å². The Morgan fingerprint density at radius 2 is 2.15 bits per heavy atom. The van der Waals surface area contributed by atoms with Crippen LogP contribution in [0.2, 0.25) is 0 Å². The Bertz CT molecular complexity index is 1300. The van der Waals surface area contributed by atoms with Crippen molar-refractivity contribution in [2.45, 2.75) is 32.9 Å². The molecule has 4 aromatic rings. The number of nitrogens with one attached hydrogen (secondary N) is 1. The van der Waals surface area contributed by atoms with Crippen molar-refractivity contribution < 1.29 is 14.6 Å². The molecule has 11 nitrogen and oxygen atoms in total. The molecule has 5 rings (SSSR count). The summed E-state index contributed by atoms with van der Waals surface area (Å²) < 4.78 is 11.2. The Morgan fingerprint density at radius 1 is 1.27 bits per heavy atom. The van der Waals surface area contributed by atoms with E-state index in [-0.39, 0.29) is 18.6 Å². The van der Waals surface area contributed by atoms with Crippen LogP contribution in [0.25, 0.3) is 17.2 Å². The number of carbonyl (C=O) groups is 1. The third-order valence-electron chi connectivity index (χ3n) is 5.37. The van der Waals surface area contributed by atoms with Gasteiger partial charge in [0.2, 0.25) is 0 Å². The minimum atomic E-state index is -0.301. The van der Waals surface area contributed by atoms with Gasteiger partial charge >= 0.3 is 0 Å². The highest BCUT2D eigenvalue weighted by molar-refractivity contribution is 6.04. The molecule has 0 saturated heterocycles. The van der Waals surface area contributed by atoms with E-state index >= 15 is 0 Å². The first-order chi connectivity index (χ1) is 16.0. The van der Waals surface area contributed by atoms with Crippen molar-refractivity contribution in [2.75, 3.05) is 18.5 Å². The van der Waals surface area contributed by atoms with E-state index in [9.17, 15) is 4.79 Å². The zero-order valence-corrected chi connectivity index (χ0v) is 18.3. The number of aliphatic hydroxyl groups excluding tert-OH is 1. The molecule has 1 aromatic carbocycles. The lowest BCUT2D eigenvalue weighted by Crippen LogP contribution is -2.13. The van der Waals surface area contributed by atoms with Crippen molar-refractivity contribution in [1.29, 1.82) is 0 Å². The molecular weight excluding hydrogens is 424 g/mol. The summed E-state index contributed by atoms with van der Waals surface area (Å²) in [7, 11) is 0.